The Kier molecular flexibility index (Phi) is 5.37. The molecule has 0 N–H and O–H groups in total. The normalized spacial score (nSPS) is 16.8. The number of rotatable bonds is 5. The first-order valence-corrected chi connectivity index (χ1v) is 9.70. The maximum atomic E-state index is 13.0. The molecule has 0 aliphatic carbocycles. The van der Waals surface area contributed by atoms with Crippen LogP contribution in [-0.2, 0) is 11.3 Å². The topological polar surface area (TPSA) is 54.3 Å². The van der Waals surface area contributed by atoms with Crippen LogP contribution in [0.25, 0.3) is 5.69 Å². The first kappa shape index (κ1) is 18.2. The van der Waals surface area contributed by atoms with Gasteiger partial charge >= 0.3 is 0 Å². The fourth-order valence-corrected chi connectivity index (χ4v) is 3.75. The Labute approximate surface area is 165 Å². The summed E-state index contributed by atoms with van der Waals surface area (Å²) >= 11 is 0. The minimum absolute atomic E-state index is 0.00456. The largest absolute Gasteiger partial charge is 0.356 e. The predicted octanol–water partition coefficient (Wildman–Crippen LogP) is 3.14. The van der Waals surface area contributed by atoms with E-state index >= 15 is 0 Å². The van der Waals surface area contributed by atoms with Crippen molar-refractivity contribution in [2.75, 3.05) is 25.0 Å². The van der Waals surface area contributed by atoms with Gasteiger partial charge in [0.05, 0.1) is 17.8 Å². The monoisotopic (exact) mass is 375 g/mol. The minimum atomic E-state index is 0.00456. The van der Waals surface area contributed by atoms with Gasteiger partial charge < -0.3 is 9.80 Å². The summed E-state index contributed by atoms with van der Waals surface area (Å²) in [6, 6.07) is 15.9. The van der Waals surface area contributed by atoms with Gasteiger partial charge in [-0.25, -0.2) is 9.67 Å². The van der Waals surface area contributed by atoms with Crippen molar-refractivity contribution in [2.45, 2.75) is 19.4 Å². The number of anilines is 1. The van der Waals surface area contributed by atoms with Gasteiger partial charge in [0.25, 0.3) is 0 Å². The van der Waals surface area contributed by atoms with E-state index in [0.717, 1.165) is 43.0 Å². The first-order valence-electron chi connectivity index (χ1n) is 9.70. The van der Waals surface area contributed by atoms with Gasteiger partial charge in [0.2, 0.25) is 5.91 Å². The van der Waals surface area contributed by atoms with Crippen LogP contribution in [0.1, 0.15) is 18.4 Å². The van der Waals surface area contributed by atoms with Crippen molar-refractivity contribution in [1.29, 1.82) is 0 Å². The van der Waals surface area contributed by atoms with Crippen LogP contribution in [0.3, 0.4) is 0 Å². The number of carbonyl (C=O) groups is 1. The Morgan fingerprint density at radius 2 is 2.00 bits per heavy atom. The molecule has 0 radical (unpaired) electrons. The maximum absolute atomic E-state index is 13.0. The molecule has 0 saturated carbocycles. The molecule has 0 spiro atoms. The quantitative estimate of drug-likeness (QED) is 0.687. The van der Waals surface area contributed by atoms with Gasteiger partial charge in [0.15, 0.2) is 0 Å². The molecule has 6 heteroatoms. The van der Waals surface area contributed by atoms with Crippen molar-refractivity contribution in [2.24, 2.45) is 5.92 Å². The summed E-state index contributed by atoms with van der Waals surface area (Å²) in [6.45, 7) is 2.24. The SMILES string of the molecule is CN(Cc1cnn(-c2ccccc2)c1)C(=O)[C@H]1CCCN(c2ccccn2)C1. The second-order valence-electron chi connectivity index (χ2n) is 7.30. The Hall–Kier alpha value is -3.15. The van der Waals surface area contributed by atoms with Crippen molar-refractivity contribution in [1.82, 2.24) is 19.7 Å². The maximum Gasteiger partial charge on any atom is 0.227 e. The predicted molar refractivity (Wildman–Crippen MR) is 109 cm³/mol. The number of para-hydroxylation sites is 1. The Balaban J connectivity index is 1.39. The van der Waals surface area contributed by atoms with Crippen LogP contribution in [0.4, 0.5) is 5.82 Å². The fourth-order valence-electron chi connectivity index (χ4n) is 3.75. The van der Waals surface area contributed by atoms with E-state index < -0.39 is 0 Å². The summed E-state index contributed by atoms with van der Waals surface area (Å²) in [4.78, 5) is 21.5. The fraction of sp³-hybridized carbons (Fsp3) is 0.318. The molecular formula is C22H25N5O. The molecule has 28 heavy (non-hydrogen) atoms. The number of hydrogen-bond acceptors (Lipinski definition) is 4. The van der Waals surface area contributed by atoms with Gasteiger partial charge in [-0.1, -0.05) is 24.3 Å². The van der Waals surface area contributed by atoms with E-state index in [0.29, 0.717) is 6.54 Å². The third-order valence-corrected chi connectivity index (χ3v) is 5.20. The summed E-state index contributed by atoms with van der Waals surface area (Å²) in [5.74, 6) is 1.14. The average Bonchev–Trinajstić information content (AvgIpc) is 3.23. The highest BCUT2D eigenvalue weighted by Crippen LogP contribution is 2.23. The molecule has 144 valence electrons. The third kappa shape index (κ3) is 4.06. The highest BCUT2D eigenvalue weighted by atomic mass is 16.2. The van der Waals surface area contributed by atoms with Crippen molar-refractivity contribution in [3.63, 3.8) is 0 Å². The molecule has 6 nitrogen and oxygen atoms in total. The lowest BCUT2D eigenvalue weighted by Gasteiger charge is -2.34. The Morgan fingerprint density at radius 3 is 2.79 bits per heavy atom. The number of aromatic nitrogens is 3. The number of benzene rings is 1. The molecule has 3 heterocycles. The van der Waals surface area contributed by atoms with Crippen molar-refractivity contribution in [3.8, 4) is 5.69 Å². The van der Waals surface area contributed by atoms with Gasteiger partial charge in [-0.2, -0.15) is 5.10 Å². The highest BCUT2D eigenvalue weighted by Gasteiger charge is 2.28. The van der Waals surface area contributed by atoms with E-state index in [1.807, 2.05) is 77.6 Å². The lowest BCUT2D eigenvalue weighted by molar-refractivity contribution is -0.135. The summed E-state index contributed by atoms with van der Waals surface area (Å²) in [7, 11) is 1.88. The molecule has 1 saturated heterocycles. The number of nitrogens with zero attached hydrogens (tertiary/aromatic N) is 5. The van der Waals surface area contributed by atoms with Gasteiger partial charge in [-0.05, 0) is 37.1 Å². The standard InChI is InChI=1S/C22H25N5O/c1-25(15-18-14-24-27(16-18)20-9-3-2-4-10-20)22(28)19-8-7-13-26(17-19)21-11-5-6-12-23-21/h2-6,9-12,14,16,19H,7-8,13,15,17H2,1H3/t19-/m0/s1. The molecule has 0 bridgehead atoms. The van der Waals surface area contributed by atoms with E-state index in [1.54, 1.807) is 6.20 Å². The molecule has 1 aromatic carbocycles. The van der Waals surface area contributed by atoms with E-state index in [9.17, 15) is 4.79 Å². The number of piperidine rings is 1. The molecule has 4 rings (SSSR count). The lowest BCUT2D eigenvalue weighted by atomic mass is 9.96. The molecule has 1 atom stereocenters. The lowest BCUT2D eigenvalue weighted by Crippen LogP contribution is -2.43. The first-order chi connectivity index (χ1) is 13.7. The number of carbonyl (C=O) groups excluding carboxylic acids is 1. The van der Waals surface area contributed by atoms with E-state index in [2.05, 4.69) is 15.0 Å². The second kappa shape index (κ2) is 8.25. The molecule has 1 fully saturated rings. The highest BCUT2D eigenvalue weighted by molar-refractivity contribution is 5.79. The van der Waals surface area contributed by atoms with Crippen LogP contribution >= 0.6 is 0 Å². The molecule has 0 unspecified atom stereocenters. The van der Waals surface area contributed by atoms with Crippen LogP contribution < -0.4 is 4.90 Å². The van der Waals surface area contributed by atoms with Crippen LogP contribution in [-0.4, -0.2) is 45.7 Å². The smallest absolute Gasteiger partial charge is 0.227 e. The van der Waals surface area contributed by atoms with Crippen LogP contribution in [0.2, 0.25) is 0 Å². The van der Waals surface area contributed by atoms with Crippen LogP contribution in [0, 0.1) is 5.92 Å². The van der Waals surface area contributed by atoms with E-state index in [1.165, 1.54) is 0 Å². The van der Waals surface area contributed by atoms with Gasteiger partial charge in [0.1, 0.15) is 5.82 Å². The molecular weight excluding hydrogens is 350 g/mol. The van der Waals surface area contributed by atoms with Crippen molar-refractivity contribution in [3.05, 3.63) is 72.7 Å². The summed E-state index contributed by atoms with van der Waals surface area (Å²) < 4.78 is 1.84. The molecule has 2 aromatic heterocycles. The number of pyridine rings is 1. The Bertz CT molecular complexity index is 909. The molecule has 1 aliphatic rings. The molecule has 1 amide bonds. The zero-order chi connectivity index (χ0) is 19.3. The molecule has 1 aliphatic heterocycles. The van der Waals surface area contributed by atoms with Gasteiger partial charge in [0, 0.05) is 44.6 Å². The molecule has 3 aromatic rings. The van der Waals surface area contributed by atoms with Gasteiger partial charge in [-0.3, -0.25) is 4.79 Å². The average molecular weight is 375 g/mol. The Morgan fingerprint density at radius 1 is 1.18 bits per heavy atom. The summed E-state index contributed by atoms with van der Waals surface area (Å²) in [5, 5.41) is 4.43. The third-order valence-electron chi connectivity index (χ3n) is 5.20. The number of amides is 1. The van der Waals surface area contributed by atoms with E-state index in [4.69, 9.17) is 0 Å². The van der Waals surface area contributed by atoms with E-state index in [-0.39, 0.29) is 11.8 Å². The zero-order valence-corrected chi connectivity index (χ0v) is 16.1. The zero-order valence-electron chi connectivity index (χ0n) is 16.1. The summed E-state index contributed by atoms with van der Waals surface area (Å²) in [5.41, 5.74) is 2.04. The van der Waals surface area contributed by atoms with Crippen molar-refractivity contribution < 1.29 is 4.79 Å². The van der Waals surface area contributed by atoms with Crippen LogP contribution in [0.5, 0.6) is 0 Å². The second-order valence-corrected chi connectivity index (χ2v) is 7.30. The minimum Gasteiger partial charge on any atom is -0.356 e. The van der Waals surface area contributed by atoms with Crippen LogP contribution in [0.15, 0.2) is 67.1 Å². The van der Waals surface area contributed by atoms with Crippen molar-refractivity contribution >= 4 is 11.7 Å². The number of hydrogen-bond donors (Lipinski definition) is 0. The van der Waals surface area contributed by atoms with Gasteiger partial charge in [-0.15, -0.1) is 0 Å². The summed E-state index contributed by atoms with van der Waals surface area (Å²) in [6.07, 6.45) is 7.55.